The van der Waals surface area contributed by atoms with E-state index in [0.717, 1.165) is 24.8 Å². The molecule has 2 unspecified atom stereocenters. The lowest BCUT2D eigenvalue weighted by Crippen LogP contribution is -2.52. The molecular formula is C19H24ClNO4. The van der Waals surface area contributed by atoms with Crippen LogP contribution in [0.5, 0.6) is 0 Å². The number of fused-ring (bicyclic) bond motifs is 2. The molecule has 3 rings (SSSR count). The fourth-order valence-corrected chi connectivity index (χ4v) is 4.55. The molecule has 2 saturated heterocycles. The number of esters is 2. The predicted octanol–water partition coefficient (Wildman–Crippen LogP) is 3.01. The standard InChI is InChI=1S/C19H24ClNO4/c1-3-25-17(22)11-21-14-8-9-16(21)18(19(23)24-2)15(10-14)12-4-6-13(20)7-5-12/h4-7,14-16,18H,3,8-11H2,1-2H3/t14-,15-,16?,18?/m1/s1. The van der Waals surface area contributed by atoms with E-state index in [2.05, 4.69) is 4.90 Å². The molecular weight excluding hydrogens is 342 g/mol. The predicted molar refractivity (Wildman–Crippen MR) is 94.5 cm³/mol. The molecule has 2 bridgehead atoms. The summed E-state index contributed by atoms with van der Waals surface area (Å²) in [6.07, 6.45) is 2.72. The summed E-state index contributed by atoms with van der Waals surface area (Å²) in [5.74, 6) is -0.632. The van der Waals surface area contributed by atoms with Gasteiger partial charge in [-0.15, -0.1) is 0 Å². The topological polar surface area (TPSA) is 55.8 Å². The van der Waals surface area contributed by atoms with Gasteiger partial charge in [0.2, 0.25) is 0 Å². The van der Waals surface area contributed by atoms with Gasteiger partial charge in [0.05, 0.1) is 26.2 Å². The van der Waals surface area contributed by atoms with Crippen LogP contribution in [-0.4, -0.2) is 49.2 Å². The first-order valence-electron chi connectivity index (χ1n) is 8.79. The van der Waals surface area contributed by atoms with Crippen molar-refractivity contribution in [3.8, 4) is 0 Å². The highest BCUT2D eigenvalue weighted by molar-refractivity contribution is 6.30. The minimum Gasteiger partial charge on any atom is -0.469 e. The highest BCUT2D eigenvalue weighted by atomic mass is 35.5. The molecule has 0 radical (unpaired) electrons. The quantitative estimate of drug-likeness (QED) is 0.751. The Bertz CT molecular complexity index is 633. The Labute approximate surface area is 153 Å². The van der Waals surface area contributed by atoms with Crippen LogP contribution in [0.2, 0.25) is 5.02 Å². The number of methoxy groups -OCH3 is 1. The van der Waals surface area contributed by atoms with Crippen molar-refractivity contribution in [2.75, 3.05) is 20.3 Å². The lowest BCUT2D eigenvalue weighted by molar-refractivity contribution is -0.154. The second-order valence-electron chi connectivity index (χ2n) is 6.72. The molecule has 0 amide bonds. The van der Waals surface area contributed by atoms with Gasteiger partial charge in [-0.2, -0.15) is 0 Å². The Morgan fingerprint density at radius 1 is 1.24 bits per heavy atom. The Morgan fingerprint density at radius 3 is 2.60 bits per heavy atom. The van der Waals surface area contributed by atoms with E-state index in [-0.39, 0.29) is 42.4 Å². The summed E-state index contributed by atoms with van der Waals surface area (Å²) in [6.45, 7) is 2.41. The molecule has 2 heterocycles. The normalized spacial score (nSPS) is 28.6. The molecule has 4 atom stereocenters. The molecule has 6 heteroatoms. The Kier molecular flexibility index (Phi) is 5.64. The summed E-state index contributed by atoms with van der Waals surface area (Å²) in [6, 6.07) is 8.00. The summed E-state index contributed by atoms with van der Waals surface area (Å²) < 4.78 is 10.2. The Balaban J connectivity index is 1.86. The van der Waals surface area contributed by atoms with Crippen LogP contribution < -0.4 is 0 Å². The van der Waals surface area contributed by atoms with E-state index >= 15 is 0 Å². The van der Waals surface area contributed by atoms with Gasteiger partial charge in [0.1, 0.15) is 0 Å². The maximum absolute atomic E-state index is 12.6. The van der Waals surface area contributed by atoms with Crippen LogP contribution in [-0.2, 0) is 19.1 Å². The second kappa shape index (κ2) is 7.75. The van der Waals surface area contributed by atoms with E-state index in [4.69, 9.17) is 21.1 Å². The maximum atomic E-state index is 12.6. The van der Waals surface area contributed by atoms with Gasteiger partial charge in [-0.05, 0) is 43.9 Å². The number of carbonyl (C=O) groups is 2. The lowest BCUT2D eigenvalue weighted by atomic mass is 9.76. The highest BCUT2D eigenvalue weighted by Gasteiger charge is 2.51. The van der Waals surface area contributed by atoms with Crippen molar-refractivity contribution < 1.29 is 19.1 Å². The van der Waals surface area contributed by atoms with Crippen LogP contribution in [0.25, 0.3) is 0 Å². The highest BCUT2D eigenvalue weighted by Crippen LogP contribution is 2.47. The largest absolute Gasteiger partial charge is 0.469 e. The summed E-state index contributed by atoms with van der Waals surface area (Å²) in [4.78, 5) is 26.7. The van der Waals surface area contributed by atoms with Crippen LogP contribution >= 0.6 is 11.6 Å². The summed E-state index contributed by atoms with van der Waals surface area (Å²) in [7, 11) is 1.43. The molecule has 1 aromatic rings. The minimum absolute atomic E-state index is 0.0104. The van der Waals surface area contributed by atoms with Crippen LogP contribution in [0.1, 0.15) is 37.7 Å². The zero-order valence-corrected chi connectivity index (χ0v) is 15.4. The monoisotopic (exact) mass is 365 g/mol. The van der Waals surface area contributed by atoms with Crippen molar-refractivity contribution in [2.45, 2.75) is 44.2 Å². The van der Waals surface area contributed by atoms with Crippen molar-refractivity contribution in [3.63, 3.8) is 0 Å². The Morgan fingerprint density at radius 2 is 1.96 bits per heavy atom. The van der Waals surface area contributed by atoms with E-state index < -0.39 is 0 Å². The number of piperidine rings is 1. The van der Waals surface area contributed by atoms with Gasteiger partial charge in [-0.25, -0.2) is 0 Å². The molecule has 1 aromatic carbocycles. The zero-order valence-electron chi connectivity index (χ0n) is 14.6. The third-order valence-electron chi connectivity index (χ3n) is 5.45. The summed E-state index contributed by atoms with van der Waals surface area (Å²) in [5.41, 5.74) is 1.10. The number of carbonyl (C=O) groups excluding carboxylic acids is 2. The van der Waals surface area contributed by atoms with Crippen LogP contribution in [0.15, 0.2) is 24.3 Å². The molecule has 136 valence electrons. The van der Waals surface area contributed by atoms with Gasteiger partial charge in [0, 0.05) is 23.0 Å². The number of benzene rings is 1. The fraction of sp³-hybridized carbons (Fsp3) is 0.579. The zero-order chi connectivity index (χ0) is 18.0. The van der Waals surface area contributed by atoms with Crippen molar-refractivity contribution >= 4 is 23.5 Å². The SMILES string of the molecule is CCOC(=O)CN1C2CC[C@@H]1C[C@H](c1ccc(Cl)cc1)C2C(=O)OC. The third-order valence-corrected chi connectivity index (χ3v) is 5.71. The van der Waals surface area contributed by atoms with Gasteiger partial charge in [-0.1, -0.05) is 23.7 Å². The van der Waals surface area contributed by atoms with Crippen LogP contribution in [0.4, 0.5) is 0 Å². The molecule has 0 saturated carbocycles. The van der Waals surface area contributed by atoms with E-state index in [9.17, 15) is 9.59 Å². The fourth-order valence-electron chi connectivity index (χ4n) is 4.43. The smallest absolute Gasteiger partial charge is 0.320 e. The van der Waals surface area contributed by atoms with Gasteiger partial charge < -0.3 is 9.47 Å². The summed E-state index contributed by atoms with van der Waals surface area (Å²) in [5, 5.41) is 0.682. The van der Waals surface area contributed by atoms with Crippen LogP contribution in [0, 0.1) is 5.92 Å². The number of rotatable bonds is 5. The molecule has 0 aliphatic carbocycles. The molecule has 0 spiro atoms. The first-order chi connectivity index (χ1) is 12.0. The van der Waals surface area contributed by atoms with Gasteiger partial charge in [0.15, 0.2) is 0 Å². The molecule has 2 fully saturated rings. The molecule has 25 heavy (non-hydrogen) atoms. The third kappa shape index (κ3) is 3.67. The lowest BCUT2D eigenvalue weighted by Gasteiger charge is -2.43. The second-order valence-corrected chi connectivity index (χ2v) is 7.16. The van der Waals surface area contributed by atoms with E-state index in [1.165, 1.54) is 7.11 Å². The molecule has 5 nitrogen and oxygen atoms in total. The van der Waals surface area contributed by atoms with E-state index in [1.807, 2.05) is 24.3 Å². The number of ether oxygens (including phenoxy) is 2. The van der Waals surface area contributed by atoms with Crippen molar-refractivity contribution in [1.82, 2.24) is 4.90 Å². The Hall–Kier alpha value is -1.59. The first kappa shape index (κ1) is 18.2. The van der Waals surface area contributed by atoms with Gasteiger partial charge in [0.25, 0.3) is 0 Å². The van der Waals surface area contributed by atoms with E-state index in [0.29, 0.717) is 11.6 Å². The van der Waals surface area contributed by atoms with Crippen LogP contribution in [0.3, 0.4) is 0 Å². The average molecular weight is 366 g/mol. The average Bonchev–Trinajstić information content (AvgIpc) is 2.86. The maximum Gasteiger partial charge on any atom is 0.320 e. The molecule has 2 aliphatic heterocycles. The van der Waals surface area contributed by atoms with Crippen molar-refractivity contribution in [3.05, 3.63) is 34.9 Å². The number of nitrogens with zero attached hydrogens (tertiary/aromatic N) is 1. The summed E-state index contributed by atoms with van der Waals surface area (Å²) >= 11 is 6.01. The number of halogens is 1. The van der Waals surface area contributed by atoms with Gasteiger partial charge in [-0.3, -0.25) is 14.5 Å². The minimum atomic E-state index is -0.278. The molecule has 0 aromatic heterocycles. The number of hydrogen-bond donors (Lipinski definition) is 0. The molecule has 2 aliphatic rings. The van der Waals surface area contributed by atoms with E-state index in [1.54, 1.807) is 6.92 Å². The van der Waals surface area contributed by atoms with Gasteiger partial charge >= 0.3 is 11.9 Å². The molecule has 0 N–H and O–H groups in total. The van der Waals surface area contributed by atoms with Crippen molar-refractivity contribution in [2.24, 2.45) is 5.92 Å². The first-order valence-corrected chi connectivity index (χ1v) is 9.17. The number of hydrogen-bond acceptors (Lipinski definition) is 5. The van der Waals surface area contributed by atoms with Crippen molar-refractivity contribution in [1.29, 1.82) is 0 Å².